The van der Waals surface area contributed by atoms with Crippen LogP contribution in [0.2, 0.25) is 10.0 Å². The van der Waals surface area contributed by atoms with E-state index >= 15 is 0 Å². The summed E-state index contributed by atoms with van der Waals surface area (Å²) in [6.07, 6.45) is 2.20. The fraction of sp³-hybridized carbons (Fsp3) is 0.385. The SMILES string of the molecule is CCC(C)Cn1c(-c2ccc(Cl)cc2Cl)nc2c1CCN(C(=O)OCc1ccccc1)CC2. The summed E-state index contributed by atoms with van der Waals surface area (Å²) in [5, 5.41) is 1.20. The maximum absolute atomic E-state index is 12.7. The Bertz CT molecular complexity index is 1110. The van der Waals surface area contributed by atoms with Crippen LogP contribution < -0.4 is 0 Å². The third kappa shape index (κ3) is 5.53. The fourth-order valence-corrected chi connectivity index (χ4v) is 4.61. The molecule has 0 aliphatic carbocycles. The van der Waals surface area contributed by atoms with Gasteiger partial charge in [-0.15, -0.1) is 0 Å². The van der Waals surface area contributed by atoms with E-state index in [1.807, 2.05) is 42.5 Å². The predicted molar refractivity (Wildman–Crippen MR) is 133 cm³/mol. The van der Waals surface area contributed by atoms with Gasteiger partial charge in [0, 0.05) is 48.8 Å². The highest BCUT2D eigenvalue weighted by Crippen LogP contribution is 2.33. The third-order valence-corrected chi connectivity index (χ3v) is 6.77. The van der Waals surface area contributed by atoms with Crippen LogP contribution in [-0.2, 0) is 30.7 Å². The van der Waals surface area contributed by atoms with Gasteiger partial charge in [0.2, 0.25) is 0 Å². The number of halogens is 2. The van der Waals surface area contributed by atoms with E-state index in [1.165, 1.54) is 5.69 Å². The molecule has 0 radical (unpaired) electrons. The molecule has 1 amide bonds. The van der Waals surface area contributed by atoms with Crippen LogP contribution in [0.4, 0.5) is 4.79 Å². The van der Waals surface area contributed by atoms with E-state index in [9.17, 15) is 4.79 Å². The van der Waals surface area contributed by atoms with Crippen LogP contribution in [0.3, 0.4) is 0 Å². The molecule has 174 valence electrons. The van der Waals surface area contributed by atoms with Crippen LogP contribution in [0.15, 0.2) is 48.5 Å². The molecule has 0 saturated heterocycles. The van der Waals surface area contributed by atoms with Gasteiger partial charge in [0.05, 0.1) is 10.7 Å². The lowest BCUT2D eigenvalue weighted by Gasteiger charge is -2.21. The largest absolute Gasteiger partial charge is 0.445 e. The van der Waals surface area contributed by atoms with Crippen molar-refractivity contribution in [2.24, 2.45) is 5.92 Å². The topological polar surface area (TPSA) is 47.4 Å². The Morgan fingerprint density at radius 3 is 2.61 bits per heavy atom. The quantitative estimate of drug-likeness (QED) is 0.393. The van der Waals surface area contributed by atoms with Crippen molar-refractivity contribution in [1.29, 1.82) is 0 Å². The molecule has 1 unspecified atom stereocenters. The molecule has 2 heterocycles. The van der Waals surface area contributed by atoms with E-state index in [0.717, 1.165) is 42.0 Å². The number of rotatable bonds is 6. The molecular weight excluding hydrogens is 457 g/mol. The lowest BCUT2D eigenvalue weighted by Crippen LogP contribution is -2.34. The summed E-state index contributed by atoms with van der Waals surface area (Å²) in [5.41, 5.74) is 4.07. The molecule has 4 rings (SSSR count). The summed E-state index contributed by atoms with van der Waals surface area (Å²) in [7, 11) is 0. The zero-order valence-corrected chi connectivity index (χ0v) is 20.6. The Balaban J connectivity index is 1.54. The van der Waals surface area contributed by atoms with Crippen LogP contribution in [0.25, 0.3) is 11.4 Å². The molecule has 33 heavy (non-hydrogen) atoms. The van der Waals surface area contributed by atoms with Crippen molar-refractivity contribution < 1.29 is 9.53 Å². The highest BCUT2D eigenvalue weighted by Gasteiger charge is 2.26. The highest BCUT2D eigenvalue weighted by atomic mass is 35.5. The Morgan fingerprint density at radius 1 is 1.12 bits per heavy atom. The van der Waals surface area contributed by atoms with Crippen molar-refractivity contribution in [2.45, 2.75) is 46.3 Å². The van der Waals surface area contributed by atoms with Gasteiger partial charge in [0.25, 0.3) is 0 Å². The van der Waals surface area contributed by atoms with Gasteiger partial charge < -0.3 is 14.2 Å². The lowest BCUT2D eigenvalue weighted by atomic mass is 10.1. The number of hydrogen-bond donors (Lipinski definition) is 0. The first-order valence-electron chi connectivity index (χ1n) is 11.5. The maximum atomic E-state index is 12.7. The summed E-state index contributed by atoms with van der Waals surface area (Å²) < 4.78 is 7.85. The second-order valence-electron chi connectivity index (χ2n) is 8.60. The molecule has 5 nitrogen and oxygen atoms in total. The van der Waals surface area contributed by atoms with Crippen molar-refractivity contribution in [3.8, 4) is 11.4 Å². The molecule has 0 spiro atoms. The molecule has 2 aromatic carbocycles. The molecule has 1 atom stereocenters. The number of amides is 1. The Hall–Kier alpha value is -2.50. The second-order valence-corrected chi connectivity index (χ2v) is 9.45. The van der Waals surface area contributed by atoms with Gasteiger partial charge in [0.1, 0.15) is 12.4 Å². The van der Waals surface area contributed by atoms with Gasteiger partial charge in [-0.3, -0.25) is 0 Å². The van der Waals surface area contributed by atoms with Crippen LogP contribution in [0.5, 0.6) is 0 Å². The zero-order chi connectivity index (χ0) is 23.4. The first-order valence-corrected chi connectivity index (χ1v) is 12.2. The van der Waals surface area contributed by atoms with Crippen molar-refractivity contribution in [2.75, 3.05) is 13.1 Å². The van der Waals surface area contributed by atoms with Gasteiger partial charge in [0.15, 0.2) is 0 Å². The van der Waals surface area contributed by atoms with Crippen LogP contribution in [-0.4, -0.2) is 33.6 Å². The molecular formula is C26H29Cl2N3O2. The Kier molecular flexibility index (Phi) is 7.61. The molecule has 1 aliphatic heterocycles. The van der Waals surface area contributed by atoms with Crippen molar-refractivity contribution in [1.82, 2.24) is 14.5 Å². The smallest absolute Gasteiger partial charge is 0.410 e. The average molecular weight is 486 g/mol. The molecule has 1 aliphatic rings. The van der Waals surface area contributed by atoms with Gasteiger partial charge >= 0.3 is 6.09 Å². The highest BCUT2D eigenvalue weighted by molar-refractivity contribution is 6.36. The number of ether oxygens (including phenoxy) is 1. The molecule has 0 bridgehead atoms. The van der Waals surface area contributed by atoms with E-state index < -0.39 is 0 Å². The van der Waals surface area contributed by atoms with Gasteiger partial charge in [-0.25, -0.2) is 9.78 Å². The van der Waals surface area contributed by atoms with Crippen molar-refractivity contribution in [3.63, 3.8) is 0 Å². The van der Waals surface area contributed by atoms with Gasteiger partial charge in [-0.1, -0.05) is 73.8 Å². The average Bonchev–Trinajstić information content (AvgIpc) is 3.00. The van der Waals surface area contributed by atoms with E-state index in [-0.39, 0.29) is 12.7 Å². The monoisotopic (exact) mass is 485 g/mol. The number of aromatic nitrogens is 2. The minimum atomic E-state index is -0.279. The van der Waals surface area contributed by atoms with E-state index in [2.05, 4.69) is 18.4 Å². The Morgan fingerprint density at radius 2 is 1.88 bits per heavy atom. The van der Waals surface area contributed by atoms with Crippen molar-refractivity contribution >= 4 is 29.3 Å². The number of fused-ring (bicyclic) bond motifs is 1. The predicted octanol–water partition coefficient (Wildman–Crippen LogP) is 6.64. The molecule has 7 heteroatoms. The summed E-state index contributed by atoms with van der Waals surface area (Å²) >= 11 is 12.7. The van der Waals surface area contributed by atoms with Gasteiger partial charge in [-0.05, 0) is 29.7 Å². The number of imidazole rings is 1. The second kappa shape index (κ2) is 10.6. The molecule has 3 aromatic rings. The summed E-state index contributed by atoms with van der Waals surface area (Å²) in [6, 6.07) is 15.3. The van der Waals surface area contributed by atoms with Gasteiger partial charge in [-0.2, -0.15) is 0 Å². The first kappa shape index (κ1) is 23.7. The molecule has 0 fully saturated rings. The normalized spacial score (nSPS) is 14.5. The van der Waals surface area contributed by atoms with E-state index in [1.54, 1.807) is 11.0 Å². The van der Waals surface area contributed by atoms with Crippen molar-refractivity contribution in [3.05, 3.63) is 75.5 Å². The fourth-order valence-electron chi connectivity index (χ4n) is 4.12. The summed E-state index contributed by atoms with van der Waals surface area (Å²) in [4.78, 5) is 19.5. The number of benzene rings is 2. The summed E-state index contributed by atoms with van der Waals surface area (Å²) in [5.74, 6) is 1.37. The number of nitrogens with zero attached hydrogens (tertiary/aromatic N) is 3. The minimum Gasteiger partial charge on any atom is -0.445 e. The van der Waals surface area contributed by atoms with Crippen LogP contribution in [0, 0.1) is 5.92 Å². The maximum Gasteiger partial charge on any atom is 0.410 e. The van der Waals surface area contributed by atoms with Crippen LogP contribution >= 0.6 is 23.2 Å². The van der Waals surface area contributed by atoms with Crippen LogP contribution in [0.1, 0.15) is 37.2 Å². The minimum absolute atomic E-state index is 0.279. The molecule has 0 N–H and O–H groups in total. The number of hydrogen-bond acceptors (Lipinski definition) is 3. The summed E-state index contributed by atoms with van der Waals surface area (Å²) in [6.45, 7) is 6.74. The zero-order valence-electron chi connectivity index (χ0n) is 19.1. The molecule has 1 aromatic heterocycles. The Labute approximate surface area is 205 Å². The molecule has 0 saturated carbocycles. The first-order chi connectivity index (χ1) is 16.0. The number of carbonyl (C=O) groups excluding carboxylic acids is 1. The number of carbonyl (C=O) groups is 1. The third-order valence-electron chi connectivity index (χ3n) is 6.22. The standard InChI is InChI=1S/C26H29Cl2N3O2/c1-3-18(2)16-31-24-12-14-30(26(32)33-17-19-7-5-4-6-8-19)13-11-23(24)29-25(31)21-10-9-20(27)15-22(21)28/h4-10,15,18H,3,11-14,16-17H2,1-2H3. The lowest BCUT2D eigenvalue weighted by molar-refractivity contribution is 0.0976. The van der Waals surface area contributed by atoms with E-state index in [4.69, 9.17) is 32.9 Å². The van der Waals surface area contributed by atoms with E-state index in [0.29, 0.717) is 35.5 Å².